The molecule has 0 aromatic heterocycles. The van der Waals surface area contributed by atoms with Crippen LogP contribution in [0.2, 0.25) is 0 Å². The second-order valence-electron chi connectivity index (χ2n) is 17.7. The number of nitrogens with one attached hydrogen (secondary N) is 1. The topological polar surface area (TPSA) is 89.8 Å². The largest absolute Gasteiger partial charge is 0.394 e. The Kier molecular flexibility index (Phi) is 47.0. The molecule has 4 N–H and O–H groups in total. The minimum Gasteiger partial charge on any atom is -0.394 e. The SMILES string of the molecule is CCCCCCCCCCCCC/C=C/CC/C=C/C(O)C(CO)NC(=O)C(O)CCCCCCCCCCCCC/C=C\CCCCCCCCCCCCCC. The van der Waals surface area contributed by atoms with Crippen molar-refractivity contribution in [2.24, 2.45) is 0 Å². The second-order valence-corrected chi connectivity index (χ2v) is 17.7. The van der Waals surface area contributed by atoms with Crippen molar-refractivity contribution in [1.82, 2.24) is 5.32 Å². The van der Waals surface area contributed by atoms with Gasteiger partial charge in [-0.25, -0.2) is 0 Å². The molecule has 0 spiro atoms. The van der Waals surface area contributed by atoms with Gasteiger partial charge in [-0.2, -0.15) is 0 Å². The van der Waals surface area contributed by atoms with Gasteiger partial charge >= 0.3 is 0 Å². The highest BCUT2D eigenvalue weighted by atomic mass is 16.3. The minimum atomic E-state index is -1.11. The minimum absolute atomic E-state index is 0.375. The molecule has 0 aliphatic carbocycles. The summed E-state index contributed by atoms with van der Waals surface area (Å²) in [6.45, 7) is 4.19. The van der Waals surface area contributed by atoms with Gasteiger partial charge in [-0.15, -0.1) is 0 Å². The monoisotopic (exact) mass is 816 g/mol. The van der Waals surface area contributed by atoms with Gasteiger partial charge in [0.05, 0.1) is 18.8 Å². The van der Waals surface area contributed by atoms with Gasteiger partial charge in [0.15, 0.2) is 0 Å². The summed E-state index contributed by atoms with van der Waals surface area (Å²) >= 11 is 0. The molecule has 0 aromatic rings. The predicted molar refractivity (Wildman–Crippen MR) is 254 cm³/mol. The third-order valence-corrected chi connectivity index (χ3v) is 12.0. The van der Waals surface area contributed by atoms with Crippen molar-refractivity contribution in [3.8, 4) is 0 Å². The van der Waals surface area contributed by atoms with E-state index in [1.54, 1.807) is 6.08 Å². The molecule has 5 nitrogen and oxygen atoms in total. The van der Waals surface area contributed by atoms with E-state index in [4.69, 9.17) is 0 Å². The maximum atomic E-state index is 12.5. The van der Waals surface area contributed by atoms with E-state index in [2.05, 4.69) is 43.5 Å². The molecule has 0 rings (SSSR count). The van der Waals surface area contributed by atoms with E-state index in [1.807, 2.05) is 6.08 Å². The van der Waals surface area contributed by atoms with E-state index < -0.39 is 24.2 Å². The van der Waals surface area contributed by atoms with Crippen LogP contribution in [0.15, 0.2) is 36.5 Å². The number of amides is 1. The molecular weight excluding hydrogens is 715 g/mol. The first kappa shape index (κ1) is 56.6. The van der Waals surface area contributed by atoms with Gasteiger partial charge in [-0.3, -0.25) is 4.79 Å². The summed E-state index contributed by atoms with van der Waals surface area (Å²) in [5.41, 5.74) is 0. The third kappa shape index (κ3) is 42.7. The lowest BCUT2D eigenvalue weighted by atomic mass is 10.0. The van der Waals surface area contributed by atoms with Crippen molar-refractivity contribution >= 4 is 5.91 Å². The van der Waals surface area contributed by atoms with Crippen LogP contribution in [-0.2, 0) is 4.79 Å². The molecule has 58 heavy (non-hydrogen) atoms. The van der Waals surface area contributed by atoms with Crippen LogP contribution in [0.5, 0.6) is 0 Å². The number of rotatable bonds is 47. The zero-order chi connectivity index (χ0) is 42.3. The molecule has 0 aliphatic heterocycles. The molecule has 0 aliphatic rings. The quantitative estimate of drug-likeness (QED) is 0.0364. The number of allylic oxidation sites excluding steroid dienone is 5. The number of carbonyl (C=O) groups is 1. The molecule has 3 unspecified atom stereocenters. The number of unbranched alkanes of at least 4 members (excludes halogenated alkanes) is 35. The Balaban J connectivity index is 3.61. The summed E-state index contributed by atoms with van der Waals surface area (Å²) in [6, 6.07) is -0.814. The van der Waals surface area contributed by atoms with E-state index in [9.17, 15) is 20.1 Å². The fourth-order valence-corrected chi connectivity index (χ4v) is 7.90. The lowest BCUT2D eigenvalue weighted by molar-refractivity contribution is -0.131. The highest BCUT2D eigenvalue weighted by Gasteiger charge is 2.22. The van der Waals surface area contributed by atoms with Crippen LogP contribution in [0.4, 0.5) is 0 Å². The molecule has 0 heterocycles. The van der Waals surface area contributed by atoms with E-state index in [1.165, 1.54) is 212 Å². The molecule has 0 saturated carbocycles. The molecule has 5 heteroatoms. The number of aliphatic hydroxyl groups excluding tert-OH is 3. The number of hydrogen-bond donors (Lipinski definition) is 4. The molecule has 0 saturated heterocycles. The molecule has 0 bridgehead atoms. The number of carbonyl (C=O) groups excluding carboxylic acids is 1. The fraction of sp³-hybridized carbons (Fsp3) is 0.868. The van der Waals surface area contributed by atoms with E-state index in [-0.39, 0.29) is 6.61 Å². The maximum Gasteiger partial charge on any atom is 0.249 e. The average Bonchev–Trinajstić information content (AvgIpc) is 3.23. The summed E-state index contributed by atoms with van der Waals surface area (Å²) in [5.74, 6) is -0.511. The normalized spacial score (nSPS) is 13.7. The Morgan fingerprint density at radius 2 is 0.707 bits per heavy atom. The van der Waals surface area contributed by atoms with Crippen LogP contribution in [0.25, 0.3) is 0 Å². The van der Waals surface area contributed by atoms with Crippen molar-refractivity contribution in [3.63, 3.8) is 0 Å². The second kappa shape index (κ2) is 48.2. The van der Waals surface area contributed by atoms with Crippen molar-refractivity contribution < 1.29 is 20.1 Å². The zero-order valence-corrected chi connectivity index (χ0v) is 38.9. The molecule has 0 fully saturated rings. The van der Waals surface area contributed by atoms with Gasteiger partial charge in [0.2, 0.25) is 5.91 Å². The van der Waals surface area contributed by atoms with Crippen LogP contribution in [0.1, 0.15) is 271 Å². The van der Waals surface area contributed by atoms with E-state index >= 15 is 0 Å². The number of aliphatic hydroxyl groups is 3. The van der Waals surface area contributed by atoms with Gasteiger partial charge in [0.1, 0.15) is 6.10 Å². The zero-order valence-electron chi connectivity index (χ0n) is 38.9. The average molecular weight is 816 g/mol. The Morgan fingerprint density at radius 1 is 0.414 bits per heavy atom. The van der Waals surface area contributed by atoms with E-state index in [0.29, 0.717) is 6.42 Å². The Labute approximate surface area is 362 Å². The Bertz CT molecular complexity index is 901. The molecule has 1 amide bonds. The summed E-state index contributed by atoms with van der Waals surface area (Å²) in [7, 11) is 0. The molecule has 342 valence electrons. The van der Waals surface area contributed by atoms with Crippen LogP contribution in [0, 0.1) is 0 Å². The Hall–Kier alpha value is -1.43. The van der Waals surface area contributed by atoms with Crippen molar-refractivity contribution in [2.75, 3.05) is 6.61 Å². The van der Waals surface area contributed by atoms with E-state index in [0.717, 1.165) is 38.5 Å². The highest BCUT2D eigenvalue weighted by molar-refractivity contribution is 5.80. The first-order valence-corrected chi connectivity index (χ1v) is 25.8. The number of hydrogen-bond acceptors (Lipinski definition) is 4. The standard InChI is InChI=1S/C53H101NO4/c1-3-5-7-9-11-13-15-17-19-21-22-23-24-25-26-27-28-29-30-32-34-36-38-40-42-44-46-48-52(57)53(58)54-50(49-55)51(56)47-45-43-41-39-37-35-33-31-20-18-16-14-12-10-8-6-4-2/h25-26,37,39,45,47,50-52,55-57H,3-24,27-36,38,40-44,46,48-49H2,1-2H3,(H,54,58)/b26-25-,39-37+,47-45+. The third-order valence-electron chi connectivity index (χ3n) is 12.0. The van der Waals surface area contributed by atoms with Gasteiger partial charge in [-0.1, -0.05) is 249 Å². The van der Waals surface area contributed by atoms with Gasteiger partial charge in [0.25, 0.3) is 0 Å². The molecular formula is C53H101NO4. The maximum absolute atomic E-state index is 12.5. The summed E-state index contributed by atoms with van der Waals surface area (Å²) in [6.07, 6.45) is 62.1. The lowest BCUT2D eigenvalue weighted by Gasteiger charge is -2.21. The molecule has 3 atom stereocenters. The van der Waals surface area contributed by atoms with Crippen molar-refractivity contribution in [2.45, 2.75) is 289 Å². The van der Waals surface area contributed by atoms with Crippen molar-refractivity contribution in [1.29, 1.82) is 0 Å². The molecule has 0 radical (unpaired) electrons. The smallest absolute Gasteiger partial charge is 0.249 e. The highest BCUT2D eigenvalue weighted by Crippen LogP contribution is 2.16. The predicted octanol–water partition coefficient (Wildman–Crippen LogP) is 15.5. The summed E-state index contributed by atoms with van der Waals surface area (Å²) in [4.78, 5) is 12.5. The van der Waals surface area contributed by atoms with Crippen LogP contribution in [-0.4, -0.2) is 46.1 Å². The molecule has 0 aromatic carbocycles. The van der Waals surface area contributed by atoms with Gasteiger partial charge in [0, 0.05) is 0 Å². The van der Waals surface area contributed by atoms with Crippen LogP contribution in [0.3, 0.4) is 0 Å². The van der Waals surface area contributed by atoms with Gasteiger partial charge in [-0.05, 0) is 57.8 Å². The first-order valence-electron chi connectivity index (χ1n) is 25.8. The summed E-state index contributed by atoms with van der Waals surface area (Å²) in [5, 5.41) is 33.2. The van der Waals surface area contributed by atoms with Crippen LogP contribution >= 0.6 is 0 Å². The van der Waals surface area contributed by atoms with Gasteiger partial charge < -0.3 is 20.6 Å². The fourth-order valence-electron chi connectivity index (χ4n) is 7.90. The Morgan fingerprint density at radius 3 is 1.05 bits per heavy atom. The summed E-state index contributed by atoms with van der Waals surface area (Å²) < 4.78 is 0. The van der Waals surface area contributed by atoms with Crippen LogP contribution < -0.4 is 5.32 Å². The first-order chi connectivity index (χ1) is 28.6. The van der Waals surface area contributed by atoms with Crippen molar-refractivity contribution in [3.05, 3.63) is 36.5 Å². The lowest BCUT2D eigenvalue weighted by Crippen LogP contribution is -2.48.